The molecule has 0 bridgehead atoms. The molecule has 0 saturated heterocycles. The van der Waals surface area contributed by atoms with Crippen molar-refractivity contribution in [1.82, 2.24) is 10.2 Å². The van der Waals surface area contributed by atoms with E-state index >= 15 is 0 Å². The maximum Gasteiger partial charge on any atom is 0.274 e. The fourth-order valence-corrected chi connectivity index (χ4v) is 1.53. The van der Waals surface area contributed by atoms with Crippen LogP contribution in [0.15, 0.2) is 36.3 Å². The van der Waals surface area contributed by atoms with Gasteiger partial charge in [0.15, 0.2) is 5.82 Å². The van der Waals surface area contributed by atoms with Gasteiger partial charge in [-0.1, -0.05) is 23.7 Å². The third kappa shape index (κ3) is 4.32. The van der Waals surface area contributed by atoms with Gasteiger partial charge in [-0.15, -0.1) is 0 Å². The lowest BCUT2D eigenvalue weighted by Gasteiger charge is -2.20. The van der Waals surface area contributed by atoms with E-state index in [4.69, 9.17) is 11.6 Å². The molecule has 0 aliphatic carbocycles. The minimum Gasteiger partial charge on any atom is -0.370 e. The fourth-order valence-electron chi connectivity index (χ4n) is 1.40. The molecule has 5 nitrogen and oxygen atoms in total. The molecule has 6 heteroatoms. The zero-order chi connectivity index (χ0) is 12.8. The molecule has 1 rings (SSSR count). The summed E-state index contributed by atoms with van der Waals surface area (Å²) < 4.78 is 0. The monoisotopic (exact) mass is 255 g/mol. The fraction of sp³-hybridized carbons (Fsp3) is 0.273. The molecule has 1 N–H and O–H groups in total. The van der Waals surface area contributed by atoms with Crippen molar-refractivity contribution in [3.05, 3.63) is 57.0 Å². The van der Waals surface area contributed by atoms with Crippen molar-refractivity contribution < 1.29 is 4.92 Å². The Morgan fingerprint density at radius 2 is 2.12 bits per heavy atom. The molecule has 0 aliphatic rings. The maximum absolute atomic E-state index is 10.4. The summed E-state index contributed by atoms with van der Waals surface area (Å²) >= 11 is 5.78. The van der Waals surface area contributed by atoms with Crippen LogP contribution in [-0.2, 0) is 6.54 Å². The van der Waals surface area contributed by atoms with Crippen molar-refractivity contribution in [2.24, 2.45) is 0 Å². The normalized spacial score (nSPS) is 11.1. The summed E-state index contributed by atoms with van der Waals surface area (Å²) in [7, 11) is 3.42. The number of nitro groups is 1. The van der Waals surface area contributed by atoms with Gasteiger partial charge in [0.25, 0.3) is 6.20 Å². The molecule has 1 aromatic carbocycles. The summed E-state index contributed by atoms with van der Waals surface area (Å²) in [5, 5.41) is 13.9. The highest BCUT2D eigenvalue weighted by Crippen LogP contribution is 2.12. The van der Waals surface area contributed by atoms with E-state index in [2.05, 4.69) is 5.32 Å². The van der Waals surface area contributed by atoms with Gasteiger partial charge >= 0.3 is 0 Å². The van der Waals surface area contributed by atoms with Crippen molar-refractivity contribution >= 4 is 11.6 Å². The second-order valence-electron chi connectivity index (χ2n) is 3.53. The summed E-state index contributed by atoms with van der Waals surface area (Å²) in [4.78, 5) is 11.7. The van der Waals surface area contributed by atoms with Crippen LogP contribution in [-0.4, -0.2) is 23.9 Å². The summed E-state index contributed by atoms with van der Waals surface area (Å²) in [6, 6.07) is 7.36. The molecule has 0 aromatic heterocycles. The Balaban J connectivity index is 2.73. The van der Waals surface area contributed by atoms with Gasteiger partial charge in [0, 0.05) is 25.7 Å². The van der Waals surface area contributed by atoms with Crippen LogP contribution in [0.1, 0.15) is 5.56 Å². The predicted octanol–water partition coefficient (Wildman–Crippen LogP) is 2.07. The molecule has 0 atom stereocenters. The highest BCUT2D eigenvalue weighted by molar-refractivity contribution is 6.30. The molecule has 0 heterocycles. The number of benzene rings is 1. The third-order valence-electron chi connectivity index (χ3n) is 2.23. The highest BCUT2D eigenvalue weighted by Gasteiger charge is 2.07. The number of nitrogens with one attached hydrogen (secondary N) is 1. The van der Waals surface area contributed by atoms with Crippen LogP contribution in [0.4, 0.5) is 0 Å². The van der Waals surface area contributed by atoms with E-state index in [0.717, 1.165) is 11.8 Å². The Morgan fingerprint density at radius 3 is 2.59 bits per heavy atom. The van der Waals surface area contributed by atoms with Crippen LogP contribution in [0, 0.1) is 10.1 Å². The molecule has 0 unspecified atom stereocenters. The number of nitrogens with zero attached hydrogens (tertiary/aromatic N) is 2. The van der Waals surface area contributed by atoms with Gasteiger partial charge in [-0.05, 0) is 17.7 Å². The Labute approximate surface area is 105 Å². The molecule has 0 amide bonds. The van der Waals surface area contributed by atoms with Crippen molar-refractivity contribution in [3.8, 4) is 0 Å². The number of hydrogen-bond acceptors (Lipinski definition) is 4. The molecule has 1 aromatic rings. The largest absolute Gasteiger partial charge is 0.370 e. The minimum atomic E-state index is -0.482. The predicted molar refractivity (Wildman–Crippen MR) is 67.1 cm³/mol. The first-order valence-corrected chi connectivity index (χ1v) is 5.39. The highest BCUT2D eigenvalue weighted by atomic mass is 35.5. The van der Waals surface area contributed by atoms with E-state index in [-0.39, 0.29) is 0 Å². The van der Waals surface area contributed by atoms with Crippen LogP contribution >= 0.6 is 11.6 Å². The van der Waals surface area contributed by atoms with E-state index < -0.39 is 4.92 Å². The third-order valence-corrected chi connectivity index (χ3v) is 2.48. The lowest BCUT2D eigenvalue weighted by molar-refractivity contribution is -0.404. The van der Waals surface area contributed by atoms with Crippen molar-refractivity contribution in [2.75, 3.05) is 14.1 Å². The first-order chi connectivity index (χ1) is 8.02. The second kappa shape index (κ2) is 6.10. The van der Waals surface area contributed by atoms with Gasteiger partial charge in [-0.2, -0.15) is 0 Å². The summed E-state index contributed by atoms with van der Waals surface area (Å²) in [6.45, 7) is 0.567. The Morgan fingerprint density at radius 1 is 1.53 bits per heavy atom. The van der Waals surface area contributed by atoms with E-state index in [1.165, 1.54) is 0 Å². The summed E-state index contributed by atoms with van der Waals surface area (Å²) in [5.41, 5.74) is 1.03. The van der Waals surface area contributed by atoms with Gasteiger partial charge in [0.05, 0.1) is 4.92 Å². The average molecular weight is 256 g/mol. The molecular weight excluding hydrogens is 242 g/mol. The second-order valence-corrected chi connectivity index (χ2v) is 3.97. The quantitative estimate of drug-likeness (QED) is 0.646. The van der Waals surface area contributed by atoms with Crippen molar-refractivity contribution in [2.45, 2.75) is 6.54 Å². The van der Waals surface area contributed by atoms with Crippen LogP contribution < -0.4 is 5.32 Å². The lowest BCUT2D eigenvalue weighted by Crippen LogP contribution is -2.26. The van der Waals surface area contributed by atoms with Crippen LogP contribution in [0.2, 0.25) is 5.02 Å². The minimum absolute atomic E-state index is 0.449. The first-order valence-electron chi connectivity index (χ1n) is 5.01. The molecule has 0 saturated carbocycles. The topological polar surface area (TPSA) is 58.4 Å². The van der Waals surface area contributed by atoms with Crippen molar-refractivity contribution in [3.63, 3.8) is 0 Å². The lowest BCUT2D eigenvalue weighted by atomic mass is 10.2. The first kappa shape index (κ1) is 13.3. The van der Waals surface area contributed by atoms with E-state index in [1.54, 1.807) is 31.1 Å². The van der Waals surface area contributed by atoms with E-state index in [9.17, 15) is 10.1 Å². The van der Waals surface area contributed by atoms with Gasteiger partial charge in [-0.25, -0.2) is 0 Å². The molecule has 0 spiro atoms. The standard InChI is InChI=1S/C11H14ClN3O2/c1-13-11(8-15(16)17)14(2)7-9-3-5-10(12)6-4-9/h3-6,8,13H,7H2,1-2H3/b11-8+. The smallest absolute Gasteiger partial charge is 0.274 e. The van der Waals surface area contributed by atoms with Gasteiger partial charge in [-0.3, -0.25) is 10.1 Å². The molecule has 0 aliphatic heterocycles. The van der Waals surface area contributed by atoms with Gasteiger partial charge in [0.2, 0.25) is 0 Å². The Hall–Kier alpha value is -1.75. The van der Waals surface area contributed by atoms with Crippen LogP contribution in [0.3, 0.4) is 0 Å². The maximum atomic E-state index is 10.4. The molecule has 92 valence electrons. The molecular formula is C11H14ClN3O2. The summed E-state index contributed by atoms with van der Waals surface area (Å²) in [5.74, 6) is 0.449. The molecule has 17 heavy (non-hydrogen) atoms. The summed E-state index contributed by atoms with van der Waals surface area (Å²) in [6.07, 6.45) is 0.940. The van der Waals surface area contributed by atoms with E-state index in [0.29, 0.717) is 17.4 Å². The Kier molecular flexibility index (Phi) is 4.78. The number of halogens is 1. The van der Waals surface area contributed by atoms with Crippen LogP contribution in [0.5, 0.6) is 0 Å². The SMILES string of the molecule is CN/C(=C\[N+](=O)[O-])N(C)Cc1ccc(Cl)cc1. The molecule has 0 radical (unpaired) electrons. The van der Waals surface area contributed by atoms with Gasteiger partial charge < -0.3 is 10.2 Å². The zero-order valence-corrected chi connectivity index (χ0v) is 10.4. The number of hydrogen-bond donors (Lipinski definition) is 1. The Bertz CT molecular complexity index is 417. The van der Waals surface area contributed by atoms with Gasteiger partial charge in [0.1, 0.15) is 0 Å². The average Bonchev–Trinajstić information content (AvgIpc) is 2.28. The molecule has 0 fully saturated rings. The number of rotatable bonds is 5. The van der Waals surface area contributed by atoms with Crippen molar-refractivity contribution in [1.29, 1.82) is 0 Å². The van der Waals surface area contributed by atoms with Crippen LogP contribution in [0.25, 0.3) is 0 Å². The van der Waals surface area contributed by atoms with E-state index in [1.807, 2.05) is 12.1 Å². The zero-order valence-electron chi connectivity index (χ0n) is 9.68.